The molecule has 3 rings (SSSR count). The summed E-state index contributed by atoms with van der Waals surface area (Å²) in [5, 5.41) is 0. The number of aromatic nitrogens is 2. The minimum Gasteiger partial charge on any atom is -0.310 e. The maximum absolute atomic E-state index is 13.6. The van der Waals surface area contributed by atoms with Gasteiger partial charge in [0, 0.05) is 12.0 Å². The Hall–Kier alpha value is -2.04. The lowest BCUT2D eigenvalue weighted by Crippen LogP contribution is -2.11. The van der Waals surface area contributed by atoms with Gasteiger partial charge in [-0.1, -0.05) is 6.07 Å². The Morgan fingerprint density at radius 2 is 1.89 bits per heavy atom. The highest BCUT2D eigenvalue weighted by atomic mass is 19.1. The molecule has 0 aliphatic heterocycles. The van der Waals surface area contributed by atoms with Gasteiger partial charge < -0.3 is 4.98 Å². The van der Waals surface area contributed by atoms with Crippen LogP contribution in [0.15, 0.2) is 29.1 Å². The Morgan fingerprint density at radius 1 is 1.22 bits per heavy atom. The van der Waals surface area contributed by atoms with Crippen molar-refractivity contribution in [1.82, 2.24) is 9.97 Å². The lowest BCUT2D eigenvalue weighted by molar-refractivity contribution is 0.588. The molecule has 1 aliphatic carbocycles. The zero-order valence-electron chi connectivity index (χ0n) is 9.41. The number of rotatable bonds is 2. The van der Waals surface area contributed by atoms with E-state index in [1.807, 2.05) is 0 Å². The molecule has 1 aromatic carbocycles. The summed E-state index contributed by atoms with van der Waals surface area (Å²) < 4.78 is 27.2. The van der Waals surface area contributed by atoms with Gasteiger partial charge in [-0.25, -0.2) is 13.8 Å². The van der Waals surface area contributed by atoms with Gasteiger partial charge in [-0.2, -0.15) is 0 Å². The van der Waals surface area contributed by atoms with Crippen LogP contribution in [-0.2, 0) is 0 Å². The Morgan fingerprint density at radius 3 is 2.50 bits per heavy atom. The van der Waals surface area contributed by atoms with Gasteiger partial charge in [-0.15, -0.1) is 0 Å². The third-order valence-corrected chi connectivity index (χ3v) is 2.94. The number of H-pyrrole nitrogens is 1. The summed E-state index contributed by atoms with van der Waals surface area (Å²) in [6, 6.07) is 4.70. The van der Waals surface area contributed by atoms with E-state index in [4.69, 9.17) is 0 Å². The van der Waals surface area contributed by atoms with Gasteiger partial charge in [0.25, 0.3) is 5.56 Å². The molecule has 5 heteroatoms. The van der Waals surface area contributed by atoms with E-state index < -0.39 is 11.6 Å². The summed E-state index contributed by atoms with van der Waals surface area (Å²) in [6.45, 7) is 0. The van der Waals surface area contributed by atoms with Crippen LogP contribution in [0.2, 0.25) is 0 Å². The first kappa shape index (κ1) is 11.1. The van der Waals surface area contributed by atoms with E-state index in [1.54, 1.807) is 0 Å². The Kier molecular flexibility index (Phi) is 2.47. The van der Waals surface area contributed by atoms with E-state index >= 15 is 0 Å². The molecule has 0 saturated heterocycles. The average Bonchev–Trinajstić information content (AvgIpc) is 3.11. The number of aromatic amines is 1. The molecule has 18 heavy (non-hydrogen) atoms. The molecule has 2 aromatic rings. The molecule has 3 nitrogen and oxygen atoms in total. The molecule has 1 fully saturated rings. The monoisotopic (exact) mass is 248 g/mol. The molecule has 0 radical (unpaired) electrons. The zero-order chi connectivity index (χ0) is 12.7. The highest BCUT2D eigenvalue weighted by Crippen LogP contribution is 2.38. The van der Waals surface area contributed by atoms with E-state index in [1.165, 1.54) is 6.07 Å². The van der Waals surface area contributed by atoms with Gasteiger partial charge >= 0.3 is 0 Å². The lowest BCUT2D eigenvalue weighted by Gasteiger charge is -2.05. The molecule has 1 aromatic heterocycles. The second-order valence-corrected chi connectivity index (χ2v) is 4.39. The standard InChI is InChI=1S/C13H10F2N2O/c14-8-2-1-3-9(15)12(8)10-6-11(18)17-13(16-10)7-4-5-7/h1-3,6-7H,4-5H2,(H,16,17,18). The molecule has 0 amide bonds. The van der Waals surface area contributed by atoms with Gasteiger partial charge in [-0.3, -0.25) is 4.79 Å². The first-order valence-electron chi connectivity index (χ1n) is 5.71. The van der Waals surface area contributed by atoms with Crippen molar-refractivity contribution < 1.29 is 8.78 Å². The van der Waals surface area contributed by atoms with Crippen LogP contribution in [0.25, 0.3) is 11.3 Å². The first-order chi connectivity index (χ1) is 8.65. The molecule has 0 unspecified atom stereocenters. The zero-order valence-corrected chi connectivity index (χ0v) is 9.41. The summed E-state index contributed by atoms with van der Waals surface area (Å²) in [7, 11) is 0. The summed E-state index contributed by atoms with van der Waals surface area (Å²) in [5.41, 5.74) is -0.577. The van der Waals surface area contributed by atoms with Crippen molar-refractivity contribution in [3.8, 4) is 11.3 Å². The number of benzene rings is 1. The Bertz CT molecular complexity index is 642. The van der Waals surface area contributed by atoms with Crippen molar-refractivity contribution in [2.45, 2.75) is 18.8 Å². The number of nitrogens with zero attached hydrogens (tertiary/aromatic N) is 1. The number of hydrogen-bond donors (Lipinski definition) is 1. The summed E-state index contributed by atoms with van der Waals surface area (Å²) in [4.78, 5) is 18.3. The normalized spacial score (nSPS) is 14.8. The molecule has 0 bridgehead atoms. The third-order valence-electron chi connectivity index (χ3n) is 2.94. The number of halogens is 2. The predicted octanol–water partition coefficient (Wildman–Crippen LogP) is 2.59. The average molecular weight is 248 g/mol. The lowest BCUT2D eigenvalue weighted by atomic mass is 10.1. The largest absolute Gasteiger partial charge is 0.310 e. The Labute approximate surface area is 102 Å². The molecule has 1 saturated carbocycles. The third kappa shape index (κ3) is 1.92. The maximum Gasteiger partial charge on any atom is 0.251 e. The number of nitrogens with one attached hydrogen (secondary N) is 1. The molecular weight excluding hydrogens is 238 g/mol. The van der Waals surface area contributed by atoms with Crippen molar-refractivity contribution >= 4 is 0 Å². The molecular formula is C13H10F2N2O. The SMILES string of the molecule is O=c1cc(-c2c(F)cccc2F)nc(C2CC2)[nH]1. The van der Waals surface area contributed by atoms with Gasteiger partial charge in [0.15, 0.2) is 0 Å². The van der Waals surface area contributed by atoms with E-state index in [-0.39, 0.29) is 22.7 Å². The van der Waals surface area contributed by atoms with Crippen molar-refractivity contribution in [2.24, 2.45) is 0 Å². The fraction of sp³-hybridized carbons (Fsp3) is 0.231. The van der Waals surface area contributed by atoms with Gasteiger partial charge in [0.2, 0.25) is 0 Å². The van der Waals surface area contributed by atoms with Crippen LogP contribution in [0.4, 0.5) is 8.78 Å². The second kappa shape index (κ2) is 4.01. The van der Waals surface area contributed by atoms with Crippen LogP contribution in [0.3, 0.4) is 0 Å². The van der Waals surface area contributed by atoms with Crippen molar-refractivity contribution in [3.63, 3.8) is 0 Å². The molecule has 92 valence electrons. The van der Waals surface area contributed by atoms with Crippen LogP contribution >= 0.6 is 0 Å². The minimum absolute atomic E-state index is 0.0521. The van der Waals surface area contributed by atoms with E-state index in [9.17, 15) is 13.6 Å². The fourth-order valence-electron chi connectivity index (χ4n) is 1.90. The number of hydrogen-bond acceptors (Lipinski definition) is 2. The summed E-state index contributed by atoms with van der Waals surface area (Å²) in [5.74, 6) is -0.697. The highest BCUT2D eigenvalue weighted by Gasteiger charge is 2.27. The molecule has 0 atom stereocenters. The maximum atomic E-state index is 13.6. The molecule has 0 spiro atoms. The van der Waals surface area contributed by atoms with E-state index in [0.29, 0.717) is 5.82 Å². The topological polar surface area (TPSA) is 45.8 Å². The predicted molar refractivity (Wildman–Crippen MR) is 62.2 cm³/mol. The van der Waals surface area contributed by atoms with Crippen LogP contribution in [0, 0.1) is 11.6 Å². The minimum atomic E-state index is -0.713. The summed E-state index contributed by atoms with van der Waals surface area (Å²) in [6.07, 6.45) is 1.90. The molecule has 1 aliphatic rings. The Balaban J connectivity index is 2.19. The van der Waals surface area contributed by atoms with Crippen LogP contribution in [0.5, 0.6) is 0 Å². The van der Waals surface area contributed by atoms with E-state index in [0.717, 1.165) is 31.0 Å². The first-order valence-corrected chi connectivity index (χ1v) is 5.71. The van der Waals surface area contributed by atoms with Crippen molar-refractivity contribution in [3.05, 3.63) is 52.1 Å². The fourth-order valence-corrected chi connectivity index (χ4v) is 1.90. The van der Waals surface area contributed by atoms with Crippen molar-refractivity contribution in [1.29, 1.82) is 0 Å². The van der Waals surface area contributed by atoms with Crippen LogP contribution in [0.1, 0.15) is 24.6 Å². The highest BCUT2D eigenvalue weighted by molar-refractivity contribution is 5.60. The van der Waals surface area contributed by atoms with Gasteiger partial charge in [-0.05, 0) is 25.0 Å². The van der Waals surface area contributed by atoms with Crippen LogP contribution < -0.4 is 5.56 Å². The van der Waals surface area contributed by atoms with Gasteiger partial charge in [0.05, 0.1) is 11.3 Å². The van der Waals surface area contributed by atoms with E-state index in [2.05, 4.69) is 9.97 Å². The molecule has 1 N–H and O–H groups in total. The second-order valence-electron chi connectivity index (χ2n) is 4.39. The van der Waals surface area contributed by atoms with Gasteiger partial charge in [0.1, 0.15) is 17.5 Å². The summed E-state index contributed by atoms with van der Waals surface area (Å²) >= 11 is 0. The smallest absolute Gasteiger partial charge is 0.251 e. The van der Waals surface area contributed by atoms with Crippen molar-refractivity contribution in [2.75, 3.05) is 0 Å². The van der Waals surface area contributed by atoms with Crippen LogP contribution in [-0.4, -0.2) is 9.97 Å². The quantitative estimate of drug-likeness (QED) is 0.887. The molecule has 1 heterocycles.